The van der Waals surface area contributed by atoms with Crippen LogP contribution in [0.25, 0.3) is 0 Å². The van der Waals surface area contributed by atoms with Crippen molar-refractivity contribution in [3.63, 3.8) is 0 Å². The second-order valence-electron chi connectivity index (χ2n) is 3.65. The van der Waals surface area contributed by atoms with Gasteiger partial charge in [-0.3, -0.25) is 0 Å². The molecule has 1 rings (SSSR count). The van der Waals surface area contributed by atoms with Gasteiger partial charge >= 0.3 is 0 Å². The van der Waals surface area contributed by atoms with Crippen LogP contribution in [0.1, 0.15) is 26.7 Å². The molecule has 0 N–H and O–H groups in total. The fourth-order valence-corrected chi connectivity index (χ4v) is 1.95. The SMILES string of the molecule is [B]C1CC1(C)CC(C)P. The zero-order valence-corrected chi connectivity index (χ0v) is 7.38. The lowest BCUT2D eigenvalue weighted by Gasteiger charge is -2.11. The first-order valence-corrected chi connectivity index (χ1v) is 4.22. The molecule has 4 atom stereocenters. The summed E-state index contributed by atoms with van der Waals surface area (Å²) in [5.74, 6) is 0.487. The third kappa shape index (κ3) is 1.71. The van der Waals surface area contributed by atoms with Crippen LogP contribution < -0.4 is 0 Å². The molecule has 0 aromatic carbocycles. The van der Waals surface area contributed by atoms with Gasteiger partial charge in [-0.15, -0.1) is 9.24 Å². The van der Waals surface area contributed by atoms with Crippen molar-refractivity contribution in [1.29, 1.82) is 0 Å². The minimum atomic E-state index is 0.487. The van der Waals surface area contributed by atoms with E-state index in [1.165, 1.54) is 12.8 Å². The van der Waals surface area contributed by atoms with Gasteiger partial charge in [0.25, 0.3) is 0 Å². The Hall–Kier alpha value is 0.495. The lowest BCUT2D eigenvalue weighted by Crippen LogP contribution is -2.02. The topological polar surface area (TPSA) is 0 Å². The summed E-state index contributed by atoms with van der Waals surface area (Å²) < 4.78 is 0. The van der Waals surface area contributed by atoms with Gasteiger partial charge in [-0.25, -0.2) is 0 Å². The lowest BCUT2D eigenvalue weighted by atomic mass is 9.89. The van der Waals surface area contributed by atoms with Gasteiger partial charge in [0, 0.05) is 0 Å². The third-order valence-electron chi connectivity index (χ3n) is 2.21. The Bertz CT molecular complexity index is 113. The van der Waals surface area contributed by atoms with E-state index < -0.39 is 0 Å². The predicted octanol–water partition coefficient (Wildman–Crippen LogP) is 2.01. The largest absolute Gasteiger partial charge is 0.135 e. The Morgan fingerprint density at radius 3 is 2.44 bits per heavy atom. The van der Waals surface area contributed by atoms with Gasteiger partial charge in [0.05, 0.1) is 7.85 Å². The molecule has 2 heteroatoms. The number of hydrogen-bond donors (Lipinski definition) is 0. The van der Waals surface area contributed by atoms with Gasteiger partial charge in [-0.1, -0.05) is 26.1 Å². The van der Waals surface area contributed by atoms with E-state index in [1.807, 2.05) is 0 Å². The van der Waals surface area contributed by atoms with Crippen LogP contribution in [0.3, 0.4) is 0 Å². The van der Waals surface area contributed by atoms with Gasteiger partial charge in [-0.2, -0.15) is 0 Å². The molecule has 0 bridgehead atoms. The van der Waals surface area contributed by atoms with Crippen LogP contribution in [-0.4, -0.2) is 13.5 Å². The van der Waals surface area contributed by atoms with E-state index in [-0.39, 0.29) is 0 Å². The molecular formula is C7H14BP. The molecule has 9 heavy (non-hydrogen) atoms. The zero-order valence-electron chi connectivity index (χ0n) is 6.22. The van der Waals surface area contributed by atoms with Gasteiger partial charge in [0.2, 0.25) is 0 Å². The molecule has 0 nitrogen and oxygen atoms in total. The Morgan fingerprint density at radius 2 is 2.33 bits per heavy atom. The van der Waals surface area contributed by atoms with E-state index in [9.17, 15) is 0 Å². The number of hydrogen-bond acceptors (Lipinski definition) is 0. The normalized spacial score (nSPS) is 44.6. The molecule has 50 valence electrons. The number of rotatable bonds is 2. The zero-order chi connectivity index (χ0) is 7.07. The predicted molar refractivity (Wildman–Crippen MR) is 46.0 cm³/mol. The molecule has 0 saturated heterocycles. The van der Waals surface area contributed by atoms with Gasteiger partial charge in [0.15, 0.2) is 0 Å². The molecule has 0 heterocycles. The average molecular weight is 140 g/mol. The maximum Gasteiger partial charge on any atom is 0.0707 e. The van der Waals surface area contributed by atoms with Gasteiger partial charge < -0.3 is 0 Å². The van der Waals surface area contributed by atoms with Crippen LogP contribution in [0.2, 0.25) is 5.82 Å². The van der Waals surface area contributed by atoms with Crippen molar-refractivity contribution in [2.45, 2.75) is 38.2 Å². The molecule has 0 spiro atoms. The molecule has 2 radical (unpaired) electrons. The molecule has 1 saturated carbocycles. The minimum absolute atomic E-state index is 0.487. The fourth-order valence-electron chi connectivity index (χ4n) is 1.41. The van der Waals surface area contributed by atoms with E-state index in [0.29, 0.717) is 11.2 Å². The van der Waals surface area contributed by atoms with Crippen LogP contribution in [0, 0.1) is 5.41 Å². The standard InChI is InChI=1S/C7H14BP/c1-5(9)3-7(2)4-6(7)8/h5-6H,3-4,9H2,1-2H3. The van der Waals surface area contributed by atoms with Crippen molar-refractivity contribution in [2.24, 2.45) is 5.41 Å². The van der Waals surface area contributed by atoms with Crippen molar-refractivity contribution in [3.05, 3.63) is 0 Å². The van der Waals surface area contributed by atoms with Crippen LogP contribution >= 0.6 is 9.24 Å². The van der Waals surface area contributed by atoms with Crippen molar-refractivity contribution in [2.75, 3.05) is 0 Å². The van der Waals surface area contributed by atoms with E-state index in [2.05, 4.69) is 23.1 Å². The highest BCUT2D eigenvalue weighted by Gasteiger charge is 2.45. The average Bonchev–Trinajstić information content (AvgIpc) is 2.10. The molecule has 0 aromatic rings. The van der Waals surface area contributed by atoms with Crippen molar-refractivity contribution in [1.82, 2.24) is 0 Å². The van der Waals surface area contributed by atoms with Gasteiger partial charge in [0.1, 0.15) is 0 Å². The Balaban J connectivity index is 2.29. The van der Waals surface area contributed by atoms with Crippen molar-refractivity contribution >= 4 is 17.1 Å². The van der Waals surface area contributed by atoms with E-state index >= 15 is 0 Å². The molecular weight excluding hydrogens is 126 g/mol. The summed E-state index contributed by atoms with van der Waals surface area (Å²) in [7, 11) is 8.56. The van der Waals surface area contributed by atoms with Crippen molar-refractivity contribution in [3.8, 4) is 0 Å². The quantitative estimate of drug-likeness (QED) is 0.406. The molecule has 1 aliphatic rings. The lowest BCUT2D eigenvalue weighted by molar-refractivity contribution is 0.517. The van der Waals surface area contributed by atoms with Crippen LogP contribution in [-0.2, 0) is 0 Å². The highest BCUT2D eigenvalue weighted by molar-refractivity contribution is 7.17. The highest BCUT2D eigenvalue weighted by Crippen LogP contribution is 2.58. The molecule has 1 fully saturated rings. The first-order chi connectivity index (χ1) is 4.04. The smallest absolute Gasteiger partial charge is 0.0707 e. The summed E-state index contributed by atoms with van der Waals surface area (Å²) >= 11 is 0. The second-order valence-corrected chi connectivity index (χ2v) is 4.78. The van der Waals surface area contributed by atoms with E-state index in [0.717, 1.165) is 5.66 Å². The molecule has 0 aliphatic heterocycles. The summed E-state index contributed by atoms with van der Waals surface area (Å²) in [6.07, 6.45) is 2.49. The summed E-state index contributed by atoms with van der Waals surface area (Å²) in [6, 6.07) is 0. The maximum atomic E-state index is 5.74. The first-order valence-electron chi connectivity index (χ1n) is 3.56. The van der Waals surface area contributed by atoms with E-state index in [1.54, 1.807) is 0 Å². The summed E-state index contributed by atoms with van der Waals surface area (Å²) in [6.45, 7) is 4.50. The molecule has 4 unspecified atom stereocenters. The second kappa shape index (κ2) is 2.27. The van der Waals surface area contributed by atoms with Crippen LogP contribution in [0.4, 0.5) is 0 Å². The summed E-state index contributed by atoms with van der Waals surface area (Å²) in [5.41, 5.74) is 1.21. The summed E-state index contributed by atoms with van der Waals surface area (Å²) in [4.78, 5) is 0. The Morgan fingerprint density at radius 1 is 1.89 bits per heavy atom. The van der Waals surface area contributed by atoms with Gasteiger partial charge in [-0.05, 0) is 17.5 Å². The maximum absolute atomic E-state index is 5.74. The first kappa shape index (κ1) is 7.60. The fraction of sp³-hybridized carbons (Fsp3) is 1.00. The van der Waals surface area contributed by atoms with Crippen LogP contribution in [0.15, 0.2) is 0 Å². The summed E-state index contributed by atoms with van der Waals surface area (Å²) in [5, 5.41) is 0. The highest BCUT2D eigenvalue weighted by atomic mass is 31.0. The Labute approximate surface area is 61.4 Å². The minimum Gasteiger partial charge on any atom is -0.135 e. The van der Waals surface area contributed by atoms with Crippen molar-refractivity contribution < 1.29 is 0 Å². The monoisotopic (exact) mass is 140 g/mol. The third-order valence-corrected chi connectivity index (χ3v) is 2.45. The molecule has 1 aliphatic carbocycles. The van der Waals surface area contributed by atoms with Crippen LogP contribution in [0.5, 0.6) is 0 Å². The molecule has 0 amide bonds. The Kier molecular flexibility index (Phi) is 1.92. The molecule has 0 aromatic heterocycles. The van der Waals surface area contributed by atoms with E-state index in [4.69, 9.17) is 7.85 Å².